The van der Waals surface area contributed by atoms with Gasteiger partial charge < -0.3 is 20.8 Å². The molecule has 0 aromatic carbocycles. The van der Waals surface area contributed by atoms with Crippen molar-refractivity contribution < 1.29 is 4.74 Å². The van der Waals surface area contributed by atoms with E-state index in [0.29, 0.717) is 17.5 Å². The number of aromatic nitrogens is 5. The van der Waals surface area contributed by atoms with Crippen molar-refractivity contribution in [3.8, 4) is 28.4 Å². The first-order valence-electron chi connectivity index (χ1n) is 9.31. The monoisotopic (exact) mass is 381 g/mol. The molecule has 0 bridgehead atoms. The Morgan fingerprint density at radius 3 is 2.68 bits per heavy atom. The number of aromatic amines is 1. The maximum Gasteiger partial charge on any atom is 0.223 e. The molecule has 0 saturated heterocycles. The molecule has 0 saturated carbocycles. The van der Waals surface area contributed by atoms with E-state index in [1.807, 2.05) is 12.1 Å². The molecule has 0 atom stereocenters. The molecule has 0 unspecified atom stereocenters. The average molecular weight is 381 g/mol. The summed E-state index contributed by atoms with van der Waals surface area (Å²) in [6.07, 6.45) is 4.43. The van der Waals surface area contributed by atoms with Crippen molar-refractivity contribution in [2.75, 3.05) is 24.7 Å². The lowest BCUT2D eigenvalue weighted by molar-refractivity contribution is 0.415. The van der Waals surface area contributed by atoms with Crippen molar-refractivity contribution in [1.29, 1.82) is 0 Å². The number of hydrogen-bond donors (Lipinski definition) is 3. The SMILES string of the molecule is CCCNc1nccc(-c2[nH]c(C(C)(C)C)nc2-c2cnc(N)c(OC)c2)n1. The van der Waals surface area contributed by atoms with Crippen LogP contribution >= 0.6 is 0 Å². The molecule has 148 valence electrons. The number of nitrogens with two attached hydrogens (primary N) is 1. The van der Waals surface area contributed by atoms with Crippen molar-refractivity contribution in [1.82, 2.24) is 24.9 Å². The first kappa shape index (κ1) is 19.6. The van der Waals surface area contributed by atoms with Gasteiger partial charge >= 0.3 is 0 Å². The quantitative estimate of drug-likeness (QED) is 0.597. The largest absolute Gasteiger partial charge is 0.493 e. The van der Waals surface area contributed by atoms with Gasteiger partial charge in [-0.15, -0.1) is 0 Å². The van der Waals surface area contributed by atoms with E-state index in [4.69, 9.17) is 15.5 Å². The fourth-order valence-electron chi connectivity index (χ4n) is 2.69. The highest BCUT2D eigenvalue weighted by atomic mass is 16.5. The van der Waals surface area contributed by atoms with Crippen molar-refractivity contribution >= 4 is 11.8 Å². The Kier molecular flexibility index (Phi) is 5.48. The van der Waals surface area contributed by atoms with Crippen LogP contribution in [0.3, 0.4) is 0 Å². The molecule has 0 spiro atoms. The summed E-state index contributed by atoms with van der Waals surface area (Å²) in [7, 11) is 1.57. The Labute approximate surface area is 165 Å². The third-order valence-electron chi connectivity index (χ3n) is 4.23. The normalized spacial score (nSPS) is 11.5. The van der Waals surface area contributed by atoms with Crippen LogP contribution in [0.4, 0.5) is 11.8 Å². The number of H-pyrrole nitrogens is 1. The minimum Gasteiger partial charge on any atom is -0.493 e. The first-order chi connectivity index (χ1) is 13.3. The fourth-order valence-corrected chi connectivity index (χ4v) is 2.69. The number of pyridine rings is 1. The maximum absolute atomic E-state index is 5.87. The molecule has 3 heterocycles. The van der Waals surface area contributed by atoms with E-state index < -0.39 is 0 Å². The third-order valence-corrected chi connectivity index (χ3v) is 4.23. The molecule has 3 aromatic heterocycles. The zero-order chi connectivity index (χ0) is 20.3. The summed E-state index contributed by atoms with van der Waals surface area (Å²) < 4.78 is 5.33. The van der Waals surface area contributed by atoms with Gasteiger partial charge in [0.2, 0.25) is 5.95 Å². The minimum absolute atomic E-state index is 0.158. The lowest BCUT2D eigenvalue weighted by Gasteiger charge is -2.14. The lowest BCUT2D eigenvalue weighted by Crippen LogP contribution is -2.13. The molecule has 3 rings (SSSR count). The summed E-state index contributed by atoms with van der Waals surface area (Å²) in [6, 6.07) is 3.70. The number of anilines is 2. The van der Waals surface area contributed by atoms with Crippen molar-refractivity contribution in [3.05, 3.63) is 30.4 Å². The van der Waals surface area contributed by atoms with E-state index in [2.05, 4.69) is 52.9 Å². The van der Waals surface area contributed by atoms with Crippen molar-refractivity contribution in [2.45, 2.75) is 39.5 Å². The Morgan fingerprint density at radius 1 is 1.21 bits per heavy atom. The number of rotatable bonds is 6. The summed E-state index contributed by atoms with van der Waals surface area (Å²) in [6.45, 7) is 9.23. The van der Waals surface area contributed by atoms with Gasteiger partial charge in [0.15, 0.2) is 11.6 Å². The third kappa shape index (κ3) is 4.05. The van der Waals surface area contributed by atoms with Crippen LogP contribution in [0.2, 0.25) is 0 Å². The molecule has 8 heteroatoms. The van der Waals surface area contributed by atoms with Crippen LogP contribution in [0.5, 0.6) is 5.75 Å². The zero-order valence-corrected chi connectivity index (χ0v) is 17.0. The van der Waals surface area contributed by atoms with Gasteiger partial charge in [0, 0.05) is 29.9 Å². The van der Waals surface area contributed by atoms with Crippen LogP contribution in [0.15, 0.2) is 24.5 Å². The maximum atomic E-state index is 5.87. The summed E-state index contributed by atoms with van der Waals surface area (Å²) in [5.74, 6) is 2.30. The van der Waals surface area contributed by atoms with Crippen molar-refractivity contribution in [2.24, 2.45) is 0 Å². The predicted octanol–water partition coefficient (Wildman–Crippen LogP) is 3.64. The predicted molar refractivity (Wildman–Crippen MR) is 111 cm³/mol. The van der Waals surface area contributed by atoms with E-state index in [-0.39, 0.29) is 5.41 Å². The highest BCUT2D eigenvalue weighted by Crippen LogP contribution is 2.34. The summed E-state index contributed by atoms with van der Waals surface area (Å²) in [5.41, 5.74) is 8.82. The van der Waals surface area contributed by atoms with Crippen LogP contribution in [-0.2, 0) is 5.41 Å². The van der Waals surface area contributed by atoms with Crippen LogP contribution in [0.25, 0.3) is 22.6 Å². The summed E-state index contributed by atoms with van der Waals surface area (Å²) >= 11 is 0. The van der Waals surface area contributed by atoms with E-state index in [1.165, 1.54) is 0 Å². The van der Waals surface area contributed by atoms with E-state index >= 15 is 0 Å². The molecule has 0 aliphatic rings. The van der Waals surface area contributed by atoms with E-state index in [1.54, 1.807) is 19.5 Å². The molecule has 0 aliphatic heterocycles. The number of imidazole rings is 1. The van der Waals surface area contributed by atoms with Crippen LogP contribution < -0.4 is 15.8 Å². The molecular weight excluding hydrogens is 354 g/mol. The Hall–Kier alpha value is -3.16. The molecule has 8 nitrogen and oxygen atoms in total. The number of nitrogens with one attached hydrogen (secondary N) is 2. The van der Waals surface area contributed by atoms with Gasteiger partial charge in [-0.1, -0.05) is 27.7 Å². The molecular formula is C20H27N7O. The van der Waals surface area contributed by atoms with Crippen molar-refractivity contribution in [3.63, 3.8) is 0 Å². The second kappa shape index (κ2) is 7.84. The van der Waals surface area contributed by atoms with E-state index in [9.17, 15) is 0 Å². The van der Waals surface area contributed by atoms with E-state index in [0.717, 1.165) is 41.4 Å². The Balaban J connectivity index is 2.14. The summed E-state index contributed by atoms with van der Waals surface area (Å²) in [5, 5.41) is 3.22. The Morgan fingerprint density at radius 2 is 2.00 bits per heavy atom. The molecule has 0 amide bonds. The van der Waals surface area contributed by atoms with Crippen LogP contribution in [-0.4, -0.2) is 38.6 Å². The molecule has 28 heavy (non-hydrogen) atoms. The second-order valence-electron chi connectivity index (χ2n) is 7.56. The number of nitrogens with zero attached hydrogens (tertiary/aromatic N) is 4. The molecule has 3 aromatic rings. The lowest BCUT2D eigenvalue weighted by atomic mass is 9.96. The highest BCUT2D eigenvalue weighted by molar-refractivity contribution is 5.78. The van der Waals surface area contributed by atoms with Crippen LogP contribution in [0, 0.1) is 0 Å². The smallest absolute Gasteiger partial charge is 0.223 e. The molecule has 4 N–H and O–H groups in total. The number of methoxy groups -OCH3 is 1. The van der Waals surface area contributed by atoms with Gasteiger partial charge in [0.1, 0.15) is 5.82 Å². The molecule has 0 fully saturated rings. The second-order valence-corrected chi connectivity index (χ2v) is 7.56. The highest BCUT2D eigenvalue weighted by Gasteiger charge is 2.24. The Bertz CT molecular complexity index is 959. The standard InChI is InChI=1S/C20H27N7O/c1-6-8-22-19-23-9-7-13(25-19)16-15(26-18(27-16)20(2,3)4)12-10-14(28-5)17(21)24-11-12/h7,9-11H,6,8H2,1-5H3,(H2,21,24)(H,26,27)(H,22,23,25). The van der Waals surface area contributed by atoms with Crippen LogP contribution in [0.1, 0.15) is 39.9 Å². The minimum atomic E-state index is -0.158. The van der Waals surface area contributed by atoms with Gasteiger partial charge in [0.05, 0.1) is 24.2 Å². The van der Waals surface area contributed by atoms with Gasteiger partial charge in [-0.3, -0.25) is 0 Å². The zero-order valence-electron chi connectivity index (χ0n) is 17.0. The number of ether oxygens (including phenoxy) is 1. The van der Waals surface area contributed by atoms with Gasteiger partial charge in [-0.2, -0.15) is 0 Å². The number of nitrogen functional groups attached to an aromatic ring is 1. The molecule has 0 radical (unpaired) electrons. The van der Waals surface area contributed by atoms with Gasteiger partial charge in [-0.05, 0) is 18.6 Å². The molecule has 0 aliphatic carbocycles. The topological polar surface area (TPSA) is 115 Å². The average Bonchev–Trinajstić information content (AvgIpc) is 3.13. The first-order valence-corrected chi connectivity index (χ1v) is 9.31. The summed E-state index contributed by atoms with van der Waals surface area (Å²) in [4.78, 5) is 21.5. The van der Waals surface area contributed by atoms with Gasteiger partial charge in [-0.25, -0.2) is 19.9 Å². The fraction of sp³-hybridized carbons (Fsp3) is 0.400. The number of hydrogen-bond acceptors (Lipinski definition) is 7. The van der Waals surface area contributed by atoms with Gasteiger partial charge in [0.25, 0.3) is 0 Å².